The molecule has 2 aliphatic rings. The molecule has 2 fully saturated rings. The van der Waals surface area contributed by atoms with E-state index < -0.39 is 0 Å². The van der Waals surface area contributed by atoms with Crippen LogP contribution in [-0.4, -0.2) is 47.0 Å². The second-order valence-electron chi connectivity index (χ2n) is 5.54. The molecular weight excluding hydrogens is 236 g/mol. The number of fused-ring (bicyclic) bond motifs is 1. The van der Waals surface area contributed by atoms with Crippen molar-refractivity contribution in [1.82, 2.24) is 14.8 Å². The molecule has 3 rings (SSSR count). The number of nitriles is 1. The highest BCUT2D eigenvalue weighted by Gasteiger charge is 2.28. The topological polar surface area (TPSA) is 43.2 Å². The maximum Gasteiger partial charge on any atom is 0.144 e. The Bertz CT molecular complexity index is 479. The first-order chi connectivity index (χ1) is 9.36. The van der Waals surface area contributed by atoms with Crippen LogP contribution in [0.2, 0.25) is 0 Å². The van der Waals surface area contributed by atoms with Gasteiger partial charge in [-0.05, 0) is 45.0 Å². The summed E-state index contributed by atoms with van der Waals surface area (Å²) in [5.74, 6) is 0. The summed E-state index contributed by atoms with van der Waals surface area (Å²) in [5, 5.41) is 9.11. The molecule has 0 radical (unpaired) electrons. The van der Waals surface area contributed by atoms with E-state index in [1.807, 2.05) is 12.1 Å². The monoisotopic (exact) mass is 256 g/mol. The van der Waals surface area contributed by atoms with Crippen molar-refractivity contribution in [1.29, 1.82) is 5.26 Å². The molecule has 2 saturated heterocycles. The van der Waals surface area contributed by atoms with Gasteiger partial charge in [0.25, 0.3) is 0 Å². The van der Waals surface area contributed by atoms with E-state index in [9.17, 15) is 0 Å². The molecule has 1 unspecified atom stereocenters. The molecule has 0 saturated carbocycles. The third-order valence-electron chi connectivity index (χ3n) is 4.28. The lowest BCUT2D eigenvalue weighted by molar-refractivity contribution is 0.215. The molecule has 0 aliphatic carbocycles. The van der Waals surface area contributed by atoms with Gasteiger partial charge >= 0.3 is 0 Å². The highest BCUT2D eigenvalue weighted by Crippen LogP contribution is 2.22. The van der Waals surface area contributed by atoms with Gasteiger partial charge in [0.2, 0.25) is 0 Å². The lowest BCUT2D eigenvalue weighted by Gasteiger charge is -2.25. The van der Waals surface area contributed by atoms with E-state index in [0.29, 0.717) is 5.69 Å². The summed E-state index contributed by atoms with van der Waals surface area (Å²) in [6, 6.07) is 6.88. The van der Waals surface area contributed by atoms with Gasteiger partial charge in [-0.25, -0.2) is 4.98 Å². The highest BCUT2D eigenvalue weighted by atomic mass is 15.3. The zero-order chi connectivity index (χ0) is 13.1. The first kappa shape index (κ1) is 12.6. The molecule has 0 aromatic carbocycles. The Morgan fingerprint density at radius 1 is 1.32 bits per heavy atom. The summed E-state index contributed by atoms with van der Waals surface area (Å²) in [6.07, 6.45) is 5.60. The van der Waals surface area contributed by atoms with Crippen LogP contribution in [0.5, 0.6) is 0 Å². The van der Waals surface area contributed by atoms with Crippen molar-refractivity contribution in [2.75, 3.05) is 26.2 Å². The average molecular weight is 256 g/mol. The Kier molecular flexibility index (Phi) is 3.77. The van der Waals surface area contributed by atoms with Crippen molar-refractivity contribution < 1.29 is 0 Å². The zero-order valence-corrected chi connectivity index (χ0v) is 11.3. The minimum absolute atomic E-state index is 0.579. The number of hydrogen-bond donors (Lipinski definition) is 0. The van der Waals surface area contributed by atoms with Crippen molar-refractivity contribution >= 4 is 0 Å². The quantitative estimate of drug-likeness (QED) is 0.806. The average Bonchev–Trinajstić information content (AvgIpc) is 2.78. The van der Waals surface area contributed by atoms with E-state index in [1.54, 1.807) is 6.20 Å². The van der Waals surface area contributed by atoms with Crippen molar-refractivity contribution in [2.45, 2.75) is 31.8 Å². The van der Waals surface area contributed by atoms with Gasteiger partial charge in [-0.3, -0.25) is 9.80 Å². The van der Waals surface area contributed by atoms with Gasteiger partial charge in [0.05, 0.1) is 0 Å². The fourth-order valence-corrected chi connectivity index (χ4v) is 3.33. The molecule has 1 aromatic heterocycles. The van der Waals surface area contributed by atoms with Crippen LogP contribution in [0.15, 0.2) is 18.3 Å². The van der Waals surface area contributed by atoms with E-state index in [0.717, 1.165) is 31.2 Å². The van der Waals surface area contributed by atoms with Gasteiger partial charge in [-0.15, -0.1) is 0 Å². The molecule has 0 amide bonds. The lowest BCUT2D eigenvalue weighted by Crippen LogP contribution is -2.36. The molecule has 0 N–H and O–H groups in total. The first-order valence-electron chi connectivity index (χ1n) is 7.17. The van der Waals surface area contributed by atoms with Crippen molar-refractivity contribution in [3.63, 3.8) is 0 Å². The van der Waals surface area contributed by atoms with E-state index in [-0.39, 0.29) is 0 Å². The van der Waals surface area contributed by atoms with Crippen LogP contribution in [0.1, 0.15) is 30.5 Å². The van der Waals surface area contributed by atoms with Crippen LogP contribution in [0.25, 0.3) is 0 Å². The van der Waals surface area contributed by atoms with Gasteiger partial charge in [0, 0.05) is 30.9 Å². The van der Waals surface area contributed by atoms with Crippen LogP contribution >= 0.6 is 0 Å². The van der Waals surface area contributed by atoms with E-state index in [2.05, 4.69) is 20.9 Å². The smallest absolute Gasteiger partial charge is 0.144 e. The third-order valence-corrected chi connectivity index (χ3v) is 4.28. The van der Waals surface area contributed by atoms with E-state index in [4.69, 9.17) is 5.26 Å². The Labute approximate surface area is 114 Å². The standard InChI is InChI=1S/C15H20N4/c16-10-15-13(4-1-6-17-15)11-18-7-3-9-19-8-2-5-14(19)12-18/h1,4,6,14H,2-3,5,7-9,11-12H2. The summed E-state index contributed by atoms with van der Waals surface area (Å²) >= 11 is 0. The van der Waals surface area contributed by atoms with Gasteiger partial charge in [0.15, 0.2) is 0 Å². The van der Waals surface area contributed by atoms with Gasteiger partial charge in [-0.2, -0.15) is 5.26 Å². The van der Waals surface area contributed by atoms with Crippen LogP contribution in [0.3, 0.4) is 0 Å². The minimum Gasteiger partial charge on any atom is -0.299 e. The van der Waals surface area contributed by atoms with Crippen molar-refractivity contribution in [2.24, 2.45) is 0 Å². The van der Waals surface area contributed by atoms with Crippen LogP contribution < -0.4 is 0 Å². The SMILES string of the molecule is N#Cc1ncccc1CN1CCCN2CCCC2C1. The molecule has 19 heavy (non-hydrogen) atoms. The fourth-order valence-electron chi connectivity index (χ4n) is 3.33. The Balaban J connectivity index is 1.70. The van der Waals surface area contributed by atoms with Gasteiger partial charge in [-0.1, -0.05) is 6.07 Å². The lowest BCUT2D eigenvalue weighted by atomic mass is 10.1. The molecule has 4 nitrogen and oxygen atoms in total. The largest absolute Gasteiger partial charge is 0.299 e. The zero-order valence-electron chi connectivity index (χ0n) is 11.3. The Morgan fingerprint density at radius 3 is 3.11 bits per heavy atom. The van der Waals surface area contributed by atoms with E-state index in [1.165, 1.54) is 32.4 Å². The second-order valence-corrected chi connectivity index (χ2v) is 5.54. The normalized spacial score (nSPS) is 24.7. The third kappa shape index (κ3) is 2.78. The summed E-state index contributed by atoms with van der Waals surface area (Å²) in [7, 11) is 0. The maximum atomic E-state index is 9.11. The summed E-state index contributed by atoms with van der Waals surface area (Å²) < 4.78 is 0. The summed E-state index contributed by atoms with van der Waals surface area (Å²) in [5.41, 5.74) is 1.64. The Morgan fingerprint density at radius 2 is 2.21 bits per heavy atom. The minimum atomic E-state index is 0.579. The summed E-state index contributed by atoms with van der Waals surface area (Å²) in [4.78, 5) is 9.28. The number of pyridine rings is 1. The number of hydrogen-bond acceptors (Lipinski definition) is 4. The van der Waals surface area contributed by atoms with Gasteiger partial charge in [0.1, 0.15) is 11.8 Å². The highest BCUT2D eigenvalue weighted by molar-refractivity contribution is 5.30. The second kappa shape index (κ2) is 5.68. The predicted molar refractivity (Wildman–Crippen MR) is 73.4 cm³/mol. The molecule has 2 aliphatic heterocycles. The molecule has 0 spiro atoms. The molecule has 0 bridgehead atoms. The number of nitrogens with zero attached hydrogens (tertiary/aromatic N) is 4. The predicted octanol–water partition coefficient (Wildman–Crippen LogP) is 1.62. The van der Waals surface area contributed by atoms with Crippen LogP contribution in [0.4, 0.5) is 0 Å². The van der Waals surface area contributed by atoms with E-state index >= 15 is 0 Å². The van der Waals surface area contributed by atoms with Gasteiger partial charge < -0.3 is 0 Å². The molecule has 1 atom stereocenters. The molecule has 4 heteroatoms. The number of aromatic nitrogens is 1. The Hall–Kier alpha value is -1.44. The molecular formula is C15H20N4. The summed E-state index contributed by atoms with van der Waals surface area (Å²) in [6.45, 7) is 5.64. The van der Waals surface area contributed by atoms with Crippen LogP contribution in [0, 0.1) is 11.3 Å². The first-order valence-corrected chi connectivity index (χ1v) is 7.17. The maximum absolute atomic E-state index is 9.11. The fraction of sp³-hybridized carbons (Fsp3) is 0.600. The van der Waals surface area contributed by atoms with Crippen LogP contribution in [-0.2, 0) is 6.54 Å². The van der Waals surface area contributed by atoms with Crippen molar-refractivity contribution in [3.05, 3.63) is 29.6 Å². The molecule has 100 valence electrons. The van der Waals surface area contributed by atoms with Crippen molar-refractivity contribution in [3.8, 4) is 6.07 Å². The molecule has 3 heterocycles. The molecule has 1 aromatic rings. The number of rotatable bonds is 2.